The second-order valence-electron chi connectivity index (χ2n) is 11.8. The molecule has 8 nitrogen and oxygen atoms in total. The Morgan fingerprint density at radius 2 is 1.95 bits per heavy atom. The van der Waals surface area contributed by atoms with E-state index in [1.807, 2.05) is 48.5 Å². The fourth-order valence-corrected chi connectivity index (χ4v) is 7.50. The molecule has 2 aromatic rings. The minimum absolute atomic E-state index is 0.0181. The summed E-state index contributed by atoms with van der Waals surface area (Å²) in [5, 5.41) is 23.8. The van der Waals surface area contributed by atoms with Crippen molar-refractivity contribution in [1.29, 1.82) is 0 Å². The van der Waals surface area contributed by atoms with Crippen molar-refractivity contribution in [3.05, 3.63) is 69.3 Å². The number of hydrogen-bond acceptors (Lipinski definition) is 6. The SMILES string of the molecule is COc1cccc(CCN(C(=O)CC2CC3CCC2C3)C2CC(C(=O)NCCO)=CC(Oc3ccccc3I)C2O)c1. The highest BCUT2D eigenvalue weighted by atomic mass is 127. The molecular weight excluding hydrogens is 647 g/mol. The molecule has 2 fully saturated rings. The molecule has 3 aliphatic rings. The van der Waals surface area contributed by atoms with Crippen LogP contribution in [0.25, 0.3) is 0 Å². The normalized spacial score (nSPS) is 26.4. The zero-order valence-corrected chi connectivity index (χ0v) is 26.2. The van der Waals surface area contributed by atoms with Crippen molar-refractivity contribution in [2.24, 2.45) is 17.8 Å². The summed E-state index contributed by atoms with van der Waals surface area (Å²) in [7, 11) is 1.63. The van der Waals surface area contributed by atoms with Crippen molar-refractivity contribution in [2.75, 3.05) is 26.8 Å². The lowest BCUT2D eigenvalue weighted by Gasteiger charge is -2.41. The van der Waals surface area contributed by atoms with Crippen LogP contribution in [0.3, 0.4) is 0 Å². The molecule has 226 valence electrons. The van der Waals surface area contributed by atoms with Crippen LogP contribution < -0.4 is 14.8 Å². The predicted molar refractivity (Wildman–Crippen MR) is 168 cm³/mol. The summed E-state index contributed by atoms with van der Waals surface area (Å²) < 4.78 is 12.6. The molecule has 9 heteroatoms. The van der Waals surface area contributed by atoms with E-state index < -0.39 is 18.2 Å². The van der Waals surface area contributed by atoms with E-state index in [1.165, 1.54) is 19.3 Å². The van der Waals surface area contributed by atoms with E-state index in [-0.39, 0.29) is 31.4 Å². The maximum atomic E-state index is 14.1. The summed E-state index contributed by atoms with van der Waals surface area (Å²) in [4.78, 5) is 29.1. The predicted octanol–water partition coefficient (Wildman–Crippen LogP) is 4.11. The number of rotatable bonds is 12. The van der Waals surface area contributed by atoms with Gasteiger partial charge in [0, 0.05) is 31.5 Å². The number of aliphatic hydroxyl groups excluding tert-OH is 2. The van der Waals surface area contributed by atoms with Crippen molar-refractivity contribution >= 4 is 34.4 Å². The Morgan fingerprint density at radius 3 is 2.67 bits per heavy atom. The van der Waals surface area contributed by atoms with Crippen LogP contribution in [0, 0.1) is 21.3 Å². The van der Waals surface area contributed by atoms with Gasteiger partial charge in [0.05, 0.1) is 23.3 Å². The maximum absolute atomic E-state index is 14.1. The van der Waals surface area contributed by atoms with Gasteiger partial charge in [0.15, 0.2) is 0 Å². The van der Waals surface area contributed by atoms with Gasteiger partial charge in [-0.25, -0.2) is 0 Å². The number of carbonyl (C=O) groups is 2. The largest absolute Gasteiger partial charge is 0.497 e. The fraction of sp³-hybridized carbons (Fsp3) is 0.515. The topological polar surface area (TPSA) is 108 Å². The lowest BCUT2D eigenvalue weighted by atomic mass is 9.84. The Bertz CT molecular complexity index is 1280. The summed E-state index contributed by atoms with van der Waals surface area (Å²) in [6.07, 6.45) is 5.82. The van der Waals surface area contributed by atoms with Gasteiger partial charge in [0.1, 0.15) is 23.7 Å². The highest BCUT2D eigenvalue weighted by molar-refractivity contribution is 14.1. The number of methoxy groups -OCH3 is 1. The van der Waals surface area contributed by atoms with E-state index in [0.29, 0.717) is 42.5 Å². The number of carbonyl (C=O) groups excluding carboxylic acids is 2. The van der Waals surface area contributed by atoms with Gasteiger partial charge in [-0.15, -0.1) is 0 Å². The molecule has 2 saturated carbocycles. The molecule has 3 N–H and O–H groups in total. The van der Waals surface area contributed by atoms with Gasteiger partial charge in [-0.05, 0) is 102 Å². The molecule has 0 saturated heterocycles. The average molecular weight is 689 g/mol. The number of ether oxygens (including phenoxy) is 2. The quantitative estimate of drug-likeness (QED) is 0.290. The zero-order valence-electron chi connectivity index (χ0n) is 24.1. The van der Waals surface area contributed by atoms with E-state index in [4.69, 9.17) is 9.47 Å². The van der Waals surface area contributed by atoms with Gasteiger partial charge in [-0.2, -0.15) is 0 Å². The third-order valence-corrected chi connectivity index (χ3v) is 10.0. The van der Waals surface area contributed by atoms with Gasteiger partial charge in [-0.1, -0.05) is 30.7 Å². The molecule has 5 rings (SSSR count). The van der Waals surface area contributed by atoms with E-state index in [1.54, 1.807) is 18.1 Å². The van der Waals surface area contributed by atoms with Crippen molar-refractivity contribution in [2.45, 2.75) is 63.2 Å². The Labute approximate surface area is 261 Å². The van der Waals surface area contributed by atoms with Gasteiger partial charge in [0.25, 0.3) is 0 Å². The molecule has 2 amide bonds. The number of aliphatic hydroxyl groups is 2. The monoisotopic (exact) mass is 688 g/mol. The molecule has 0 aliphatic heterocycles. The summed E-state index contributed by atoms with van der Waals surface area (Å²) in [6.45, 7) is 0.339. The summed E-state index contributed by atoms with van der Waals surface area (Å²) in [5.74, 6) is 2.75. The number of benzene rings is 2. The highest BCUT2D eigenvalue weighted by Gasteiger charge is 2.44. The highest BCUT2D eigenvalue weighted by Crippen LogP contribution is 2.49. The second-order valence-corrected chi connectivity index (χ2v) is 12.9. The first-order valence-corrected chi connectivity index (χ1v) is 16.1. The van der Waals surface area contributed by atoms with Crippen molar-refractivity contribution in [3.8, 4) is 11.5 Å². The number of nitrogens with zero attached hydrogens (tertiary/aromatic N) is 1. The molecule has 3 aliphatic carbocycles. The van der Waals surface area contributed by atoms with Crippen LogP contribution in [0.1, 0.15) is 44.1 Å². The zero-order chi connectivity index (χ0) is 29.6. The minimum Gasteiger partial charge on any atom is -0.497 e. The number of para-hydroxylation sites is 1. The van der Waals surface area contributed by atoms with Crippen LogP contribution in [0.5, 0.6) is 11.5 Å². The Kier molecular flexibility index (Phi) is 10.4. The number of fused-ring (bicyclic) bond motifs is 2. The first-order valence-electron chi connectivity index (χ1n) is 15.0. The summed E-state index contributed by atoms with van der Waals surface area (Å²) in [5.41, 5.74) is 1.47. The third-order valence-electron chi connectivity index (χ3n) is 9.13. The average Bonchev–Trinajstić information content (AvgIpc) is 3.62. The first-order chi connectivity index (χ1) is 20.4. The van der Waals surface area contributed by atoms with Crippen molar-refractivity contribution in [1.82, 2.24) is 10.2 Å². The van der Waals surface area contributed by atoms with E-state index in [0.717, 1.165) is 27.2 Å². The Morgan fingerprint density at radius 1 is 1.12 bits per heavy atom. The Balaban J connectivity index is 1.42. The van der Waals surface area contributed by atoms with Gasteiger partial charge >= 0.3 is 0 Å². The molecular formula is C33H41IN2O6. The maximum Gasteiger partial charge on any atom is 0.247 e. The lowest BCUT2D eigenvalue weighted by molar-refractivity contribution is -0.140. The smallest absolute Gasteiger partial charge is 0.247 e. The third kappa shape index (κ3) is 7.29. The number of nitrogens with one attached hydrogen (secondary N) is 1. The van der Waals surface area contributed by atoms with Crippen LogP contribution in [0.15, 0.2) is 60.2 Å². The molecule has 6 atom stereocenters. The van der Waals surface area contributed by atoms with E-state index in [9.17, 15) is 19.8 Å². The van der Waals surface area contributed by atoms with Gasteiger partial charge < -0.3 is 29.9 Å². The fourth-order valence-electron chi connectivity index (χ4n) is 6.99. The van der Waals surface area contributed by atoms with Crippen LogP contribution in [0.2, 0.25) is 0 Å². The number of halogens is 1. The second kappa shape index (κ2) is 14.2. The van der Waals surface area contributed by atoms with Crippen LogP contribution >= 0.6 is 22.6 Å². The molecule has 6 unspecified atom stereocenters. The Hall–Kier alpha value is -2.63. The van der Waals surface area contributed by atoms with Crippen LogP contribution in [-0.2, 0) is 16.0 Å². The van der Waals surface area contributed by atoms with E-state index in [2.05, 4.69) is 27.9 Å². The first kappa shape index (κ1) is 30.8. The van der Waals surface area contributed by atoms with Gasteiger partial charge in [-0.3, -0.25) is 9.59 Å². The number of amides is 2. The molecule has 0 radical (unpaired) electrons. The van der Waals surface area contributed by atoms with Crippen molar-refractivity contribution in [3.63, 3.8) is 0 Å². The standard InChI is InChI=1S/C33H41IN2O6/c1-41-26-6-4-5-21(17-26)11-13-36(31(38)20-24-16-22-9-10-23(24)15-22)28-18-25(33(40)35-12-14-37)19-30(32(28)39)42-29-8-3-2-7-27(29)34/h2-8,17,19,22-24,28,30,32,37,39H,9-16,18,20H2,1H3,(H,35,40). The molecule has 0 heterocycles. The molecule has 2 aromatic carbocycles. The number of hydrogen-bond donors (Lipinski definition) is 3. The van der Waals surface area contributed by atoms with Crippen LogP contribution in [-0.4, -0.2) is 72.0 Å². The molecule has 42 heavy (non-hydrogen) atoms. The van der Waals surface area contributed by atoms with Crippen molar-refractivity contribution < 1.29 is 29.3 Å². The van der Waals surface area contributed by atoms with Gasteiger partial charge in [0.2, 0.25) is 11.8 Å². The summed E-state index contributed by atoms with van der Waals surface area (Å²) in [6, 6.07) is 14.7. The molecule has 0 aromatic heterocycles. The lowest BCUT2D eigenvalue weighted by Crippen LogP contribution is -2.55. The summed E-state index contributed by atoms with van der Waals surface area (Å²) >= 11 is 2.18. The van der Waals surface area contributed by atoms with E-state index >= 15 is 0 Å². The molecule has 2 bridgehead atoms. The van der Waals surface area contributed by atoms with Crippen LogP contribution in [0.4, 0.5) is 0 Å². The minimum atomic E-state index is -1.04. The molecule has 0 spiro atoms.